The summed E-state index contributed by atoms with van der Waals surface area (Å²) < 4.78 is 52.9. The first kappa shape index (κ1) is 29.3. The monoisotopic (exact) mass is 566 g/mol. The van der Waals surface area contributed by atoms with Crippen LogP contribution in [0.25, 0.3) is 0 Å². The highest BCUT2D eigenvalue weighted by Crippen LogP contribution is 2.27. The van der Waals surface area contributed by atoms with E-state index in [9.17, 15) is 13.2 Å². The number of halogens is 3. The highest BCUT2D eigenvalue weighted by molar-refractivity contribution is 7.80. The van der Waals surface area contributed by atoms with Gasteiger partial charge in [0.2, 0.25) is 5.95 Å². The minimum Gasteiger partial charge on any atom is -0.379 e. The Labute approximate surface area is 232 Å². The minimum absolute atomic E-state index is 0.0461. The number of anilines is 4. The zero-order valence-corrected chi connectivity index (χ0v) is 23.2. The molecule has 2 fully saturated rings. The number of nitrogens with one attached hydrogen (secondary N) is 4. The van der Waals surface area contributed by atoms with E-state index in [-0.39, 0.29) is 17.2 Å². The van der Waals surface area contributed by atoms with Gasteiger partial charge in [-0.15, -0.1) is 0 Å². The number of hydrogen-bond donors (Lipinski definition) is 4. The van der Waals surface area contributed by atoms with Gasteiger partial charge in [-0.05, 0) is 56.7 Å². The van der Waals surface area contributed by atoms with Crippen molar-refractivity contribution in [2.24, 2.45) is 5.92 Å². The Balaban J connectivity index is 1.37. The fourth-order valence-corrected chi connectivity index (χ4v) is 4.83. The van der Waals surface area contributed by atoms with Crippen molar-refractivity contribution in [3.8, 4) is 0 Å². The molecule has 0 spiro atoms. The van der Waals surface area contributed by atoms with E-state index >= 15 is 0 Å². The summed E-state index contributed by atoms with van der Waals surface area (Å²) >= 11 is 5.25. The Morgan fingerprint density at radius 2 is 1.82 bits per heavy atom. The highest BCUT2D eigenvalue weighted by atomic mass is 32.1. The first-order valence-electron chi connectivity index (χ1n) is 13.6. The fraction of sp³-hybridized carbons (Fsp3) is 0.593. The summed E-state index contributed by atoms with van der Waals surface area (Å²) in [6, 6.07) is 1.44. The summed E-state index contributed by atoms with van der Waals surface area (Å²) in [6.07, 6.45) is 8.81. The van der Waals surface area contributed by atoms with Crippen LogP contribution in [0.4, 0.5) is 36.3 Å². The van der Waals surface area contributed by atoms with Gasteiger partial charge in [-0.3, -0.25) is 0 Å². The summed E-state index contributed by atoms with van der Waals surface area (Å²) in [6.45, 7) is 6.44. The zero-order chi connectivity index (χ0) is 27.8. The molecule has 12 heteroatoms. The van der Waals surface area contributed by atoms with Crippen LogP contribution in [0.1, 0.15) is 58.8 Å². The summed E-state index contributed by atoms with van der Waals surface area (Å²) in [5, 5.41) is 12.0. The van der Waals surface area contributed by atoms with Gasteiger partial charge in [0.1, 0.15) is 17.2 Å². The third kappa shape index (κ3) is 8.64. The molecule has 4 N–H and O–H groups in total. The molecule has 2 aromatic rings. The average molecular weight is 567 g/mol. The number of nitrogens with zero attached hydrogens (tertiary/aromatic N) is 2. The van der Waals surface area contributed by atoms with E-state index in [0.717, 1.165) is 45.1 Å². The van der Waals surface area contributed by atoms with E-state index in [1.165, 1.54) is 6.42 Å². The van der Waals surface area contributed by atoms with Gasteiger partial charge in [0.15, 0.2) is 22.6 Å². The molecule has 1 saturated heterocycles. The van der Waals surface area contributed by atoms with Crippen LogP contribution in [0.15, 0.2) is 18.3 Å². The quantitative estimate of drug-likeness (QED) is 0.242. The summed E-state index contributed by atoms with van der Waals surface area (Å²) in [5.74, 6) is -1.56. The topological polar surface area (TPSA) is 92.4 Å². The standard InChI is InChI=1S/C27H37F3N6O2S/c1-3-16(2)8-11-38-20-6-4-18(5-7-20)33-26-31-14-23(25(36-26)32-19-9-10-37-15-19)34-27(39)35-24-21(29)12-17(28)13-22(24)30/h12-14,16,18-20H,3-11,15H2,1-2H3,(H2,34,35,39)(H2,31,32,33,36). The first-order chi connectivity index (χ1) is 18.8. The lowest BCUT2D eigenvalue weighted by molar-refractivity contribution is 0.0200. The van der Waals surface area contributed by atoms with Crippen molar-refractivity contribution in [1.29, 1.82) is 0 Å². The molecule has 1 aromatic carbocycles. The first-order valence-corrected chi connectivity index (χ1v) is 14.0. The van der Waals surface area contributed by atoms with Crippen LogP contribution in [-0.2, 0) is 9.47 Å². The van der Waals surface area contributed by atoms with Gasteiger partial charge < -0.3 is 30.7 Å². The fourth-order valence-electron chi connectivity index (χ4n) is 4.62. The molecule has 0 radical (unpaired) electrons. The van der Waals surface area contributed by atoms with Crippen LogP contribution in [0.2, 0.25) is 0 Å². The summed E-state index contributed by atoms with van der Waals surface area (Å²) in [4.78, 5) is 9.11. The molecule has 214 valence electrons. The molecule has 1 aliphatic carbocycles. The zero-order valence-electron chi connectivity index (χ0n) is 22.4. The second-order valence-electron chi connectivity index (χ2n) is 10.3. The van der Waals surface area contributed by atoms with Gasteiger partial charge in [0, 0.05) is 31.4 Å². The van der Waals surface area contributed by atoms with Gasteiger partial charge in [-0.1, -0.05) is 20.3 Å². The second kappa shape index (κ2) is 14.1. The lowest BCUT2D eigenvalue weighted by Gasteiger charge is -2.29. The van der Waals surface area contributed by atoms with Crippen molar-refractivity contribution >= 4 is 40.5 Å². The highest BCUT2D eigenvalue weighted by Gasteiger charge is 2.24. The van der Waals surface area contributed by atoms with Crippen molar-refractivity contribution in [2.45, 2.75) is 77.0 Å². The number of hydrogen-bond acceptors (Lipinski definition) is 7. The number of thiocarbonyl (C=S) groups is 1. The molecule has 0 amide bonds. The molecule has 2 atom stereocenters. The van der Waals surface area contributed by atoms with Crippen molar-refractivity contribution in [3.63, 3.8) is 0 Å². The van der Waals surface area contributed by atoms with Crippen LogP contribution >= 0.6 is 12.2 Å². The van der Waals surface area contributed by atoms with E-state index in [4.69, 9.17) is 21.7 Å². The smallest absolute Gasteiger partial charge is 0.224 e. The Morgan fingerprint density at radius 3 is 2.49 bits per heavy atom. The largest absolute Gasteiger partial charge is 0.379 e. The molecular formula is C27H37F3N6O2S. The molecule has 4 rings (SSSR count). The molecule has 39 heavy (non-hydrogen) atoms. The van der Waals surface area contributed by atoms with Crippen LogP contribution in [0.5, 0.6) is 0 Å². The van der Waals surface area contributed by atoms with Gasteiger partial charge in [-0.25, -0.2) is 18.2 Å². The van der Waals surface area contributed by atoms with Gasteiger partial charge in [0.25, 0.3) is 0 Å². The Bertz CT molecular complexity index is 1090. The summed E-state index contributed by atoms with van der Waals surface area (Å²) in [5.41, 5.74) is -0.127. The molecule has 1 aromatic heterocycles. The van der Waals surface area contributed by atoms with E-state index in [1.54, 1.807) is 6.20 Å². The van der Waals surface area contributed by atoms with Crippen molar-refractivity contribution < 1.29 is 22.6 Å². The van der Waals surface area contributed by atoms with Crippen molar-refractivity contribution in [3.05, 3.63) is 35.8 Å². The molecule has 8 nitrogen and oxygen atoms in total. The molecular weight excluding hydrogens is 529 g/mol. The van der Waals surface area contributed by atoms with E-state index in [2.05, 4.69) is 45.1 Å². The number of benzene rings is 1. The number of ether oxygens (including phenoxy) is 2. The summed E-state index contributed by atoms with van der Waals surface area (Å²) in [7, 11) is 0. The van der Waals surface area contributed by atoms with Crippen LogP contribution < -0.4 is 21.3 Å². The third-order valence-corrected chi connectivity index (χ3v) is 7.43. The van der Waals surface area contributed by atoms with Crippen LogP contribution in [-0.4, -0.2) is 53.1 Å². The molecule has 1 saturated carbocycles. The predicted molar refractivity (Wildman–Crippen MR) is 151 cm³/mol. The maximum absolute atomic E-state index is 14.1. The molecule has 1 aliphatic heterocycles. The second-order valence-corrected chi connectivity index (χ2v) is 10.7. The normalized spacial score (nSPS) is 21.8. The third-order valence-electron chi connectivity index (χ3n) is 7.22. The number of rotatable bonds is 11. The molecule has 2 unspecified atom stereocenters. The Hall–Kier alpha value is -2.70. The van der Waals surface area contributed by atoms with E-state index in [1.807, 2.05) is 0 Å². The van der Waals surface area contributed by atoms with Gasteiger partial charge in [-0.2, -0.15) is 4.98 Å². The van der Waals surface area contributed by atoms with E-state index in [0.29, 0.717) is 54.8 Å². The minimum atomic E-state index is -1.09. The lowest BCUT2D eigenvalue weighted by atomic mass is 9.93. The maximum Gasteiger partial charge on any atom is 0.224 e. The predicted octanol–water partition coefficient (Wildman–Crippen LogP) is 6.08. The molecule has 0 bridgehead atoms. The Morgan fingerprint density at radius 1 is 1.08 bits per heavy atom. The molecule has 2 aliphatic rings. The van der Waals surface area contributed by atoms with Gasteiger partial charge in [0.05, 0.1) is 24.9 Å². The average Bonchev–Trinajstić information content (AvgIpc) is 3.42. The van der Waals surface area contributed by atoms with Crippen LogP contribution in [0, 0.1) is 23.4 Å². The molecule has 2 heterocycles. The van der Waals surface area contributed by atoms with Crippen LogP contribution in [0.3, 0.4) is 0 Å². The number of aromatic nitrogens is 2. The van der Waals surface area contributed by atoms with E-state index < -0.39 is 23.1 Å². The van der Waals surface area contributed by atoms with Crippen molar-refractivity contribution in [2.75, 3.05) is 41.1 Å². The maximum atomic E-state index is 14.1. The SMILES string of the molecule is CCC(C)CCOC1CCC(Nc2ncc(NC(=S)Nc3c(F)cc(F)cc3F)c(NC3CCOC3)n2)CC1. The Kier molecular flexibility index (Phi) is 10.6. The van der Waals surface area contributed by atoms with Crippen molar-refractivity contribution in [1.82, 2.24) is 9.97 Å². The lowest BCUT2D eigenvalue weighted by Crippen LogP contribution is -2.31. The van der Waals surface area contributed by atoms with Gasteiger partial charge >= 0.3 is 0 Å².